The lowest BCUT2D eigenvalue weighted by Gasteiger charge is -2.44. The van der Waals surface area contributed by atoms with Gasteiger partial charge in [-0.25, -0.2) is 9.69 Å². The maximum atomic E-state index is 14.0. The number of aromatic nitrogens is 2. The second kappa shape index (κ2) is 6.45. The molecule has 33 heavy (non-hydrogen) atoms. The number of nitrogens with one attached hydrogen (secondary N) is 3. The molecule has 4 unspecified atom stereocenters. The number of carbonyl (C=O) groups is 5. The highest BCUT2D eigenvalue weighted by atomic mass is 16.2. The molecule has 0 bridgehead atoms. The summed E-state index contributed by atoms with van der Waals surface area (Å²) in [5.74, 6) is -6.81. The summed E-state index contributed by atoms with van der Waals surface area (Å²) in [6.45, 7) is 0. The summed E-state index contributed by atoms with van der Waals surface area (Å²) in [5, 5.41) is 2.22. The first-order valence-electron chi connectivity index (χ1n) is 9.78. The van der Waals surface area contributed by atoms with E-state index in [9.17, 15) is 33.6 Å². The van der Waals surface area contributed by atoms with Crippen LogP contribution in [0.15, 0.2) is 63.9 Å². The average molecular weight is 449 g/mol. The van der Waals surface area contributed by atoms with Crippen molar-refractivity contribution in [2.24, 2.45) is 28.4 Å². The first kappa shape index (κ1) is 20.3. The van der Waals surface area contributed by atoms with E-state index in [1.165, 1.54) is 36.5 Å². The van der Waals surface area contributed by atoms with E-state index in [4.69, 9.17) is 5.73 Å². The highest BCUT2D eigenvalue weighted by Crippen LogP contribution is 2.61. The molecule has 166 valence electrons. The Morgan fingerprint density at radius 3 is 2.45 bits per heavy atom. The summed E-state index contributed by atoms with van der Waals surface area (Å²) >= 11 is 0. The molecule has 3 heterocycles. The molecule has 0 spiro atoms. The molecule has 5 rings (SSSR count). The van der Waals surface area contributed by atoms with Crippen LogP contribution in [0, 0.1) is 22.7 Å². The van der Waals surface area contributed by atoms with Gasteiger partial charge in [0.05, 0.1) is 11.8 Å². The Hall–Kier alpha value is -4.61. The molecule has 2 aliphatic carbocycles. The lowest BCUT2D eigenvalue weighted by atomic mass is 9.51. The first-order chi connectivity index (χ1) is 15.6. The van der Waals surface area contributed by atoms with Crippen molar-refractivity contribution in [2.45, 2.75) is 0 Å². The monoisotopic (exact) mass is 449 g/mol. The third kappa shape index (κ3) is 2.31. The molecular weight excluding hydrogens is 434 g/mol. The number of rotatable bonds is 3. The summed E-state index contributed by atoms with van der Waals surface area (Å²) in [4.78, 5) is 93.8. The molecule has 12 nitrogen and oxygen atoms in total. The van der Waals surface area contributed by atoms with Gasteiger partial charge in [-0.3, -0.25) is 39.1 Å². The van der Waals surface area contributed by atoms with Crippen molar-refractivity contribution in [1.29, 1.82) is 0 Å². The molecule has 0 saturated carbocycles. The van der Waals surface area contributed by atoms with Crippen LogP contribution in [0.3, 0.4) is 0 Å². The number of amides is 5. The van der Waals surface area contributed by atoms with Gasteiger partial charge in [-0.15, -0.1) is 0 Å². The molecule has 5 amide bonds. The summed E-state index contributed by atoms with van der Waals surface area (Å²) in [5.41, 5.74) is -0.904. The van der Waals surface area contributed by atoms with Crippen LogP contribution in [0.5, 0.6) is 0 Å². The van der Waals surface area contributed by atoms with Crippen molar-refractivity contribution in [3.8, 4) is 0 Å². The zero-order valence-corrected chi connectivity index (χ0v) is 16.7. The average Bonchev–Trinajstić information content (AvgIpc) is 3.17. The van der Waals surface area contributed by atoms with Crippen molar-refractivity contribution in [2.75, 3.05) is 4.90 Å². The molecule has 2 fully saturated rings. The number of hydrogen-bond donors (Lipinski definition) is 4. The fourth-order valence-electron chi connectivity index (χ4n) is 5.14. The predicted molar refractivity (Wildman–Crippen MR) is 110 cm³/mol. The maximum Gasteiger partial charge on any atom is 0.325 e. The van der Waals surface area contributed by atoms with E-state index in [1.54, 1.807) is 0 Å². The van der Waals surface area contributed by atoms with Crippen LogP contribution < -0.4 is 27.2 Å². The normalized spacial score (nSPS) is 32.0. The molecule has 4 aliphatic rings. The molecule has 0 aromatic carbocycles. The van der Waals surface area contributed by atoms with E-state index < -0.39 is 69.1 Å². The Morgan fingerprint density at radius 1 is 1.00 bits per heavy atom. The summed E-state index contributed by atoms with van der Waals surface area (Å²) < 4.78 is 0. The fourth-order valence-corrected chi connectivity index (χ4v) is 5.14. The van der Waals surface area contributed by atoms with Crippen molar-refractivity contribution in [1.82, 2.24) is 15.3 Å². The van der Waals surface area contributed by atoms with Gasteiger partial charge in [0.2, 0.25) is 29.5 Å². The van der Waals surface area contributed by atoms with E-state index in [0.29, 0.717) is 4.90 Å². The Kier molecular flexibility index (Phi) is 3.97. The van der Waals surface area contributed by atoms with Gasteiger partial charge >= 0.3 is 5.69 Å². The third-order valence-electron chi connectivity index (χ3n) is 6.57. The summed E-state index contributed by atoms with van der Waals surface area (Å²) in [6, 6.07) is 0. The van der Waals surface area contributed by atoms with Crippen LogP contribution in [0.25, 0.3) is 0 Å². The Balaban J connectivity index is 1.81. The van der Waals surface area contributed by atoms with Gasteiger partial charge in [-0.05, 0) is 0 Å². The largest absolute Gasteiger partial charge is 0.366 e. The van der Waals surface area contributed by atoms with Gasteiger partial charge in [-0.1, -0.05) is 42.5 Å². The highest BCUT2D eigenvalue weighted by Gasteiger charge is 2.75. The van der Waals surface area contributed by atoms with E-state index in [-0.39, 0.29) is 5.57 Å². The van der Waals surface area contributed by atoms with Crippen LogP contribution >= 0.6 is 0 Å². The van der Waals surface area contributed by atoms with Crippen molar-refractivity contribution < 1.29 is 24.0 Å². The van der Waals surface area contributed by atoms with Gasteiger partial charge in [-0.2, -0.15) is 0 Å². The SMILES string of the molecule is NC(=O)C1=CC2C(=O)N(c3c[nH]c(=O)[nH]c3=O)C(=O)C2(C23C=CC=CC2C(=O)NC3=O)C=C1. The van der Waals surface area contributed by atoms with Crippen molar-refractivity contribution in [3.63, 3.8) is 0 Å². The number of primary amides is 1. The fraction of sp³-hybridized carbons (Fsp3) is 0.190. The quantitative estimate of drug-likeness (QED) is 0.380. The minimum atomic E-state index is -1.99. The number of imide groups is 2. The second-order valence-electron chi connectivity index (χ2n) is 8.01. The smallest absolute Gasteiger partial charge is 0.325 e. The standard InChI is InChI=1S/C21H15N5O7/c22-13(27)9-4-6-21(20-5-2-1-3-10(20)14(28)24-17(20)31)11(7-9)16(30)26(18(21)32)12-8-23-19(33)25-15(12)29/h1-8,10-11H,(H2,22,27)(H,24,28,31)(H2,23,25,29,33). The summed E-state index contributed by atoms with van der Waals surface area (Å²) in [6.07, 6.45) is 10.4. The molecule has 1 aromatic rings. The number of nitrogens with two attached hydrogens (primary N) is 1. The maximum absolute atomic E-state index is 14.0. The minimum Gasteiger partial charge on any atom is -0.366 e. The zero-order chi connectivity index (χ0) is 23.7. The van der Waals surface area contributed by atoms with Crippen molar-refractivity contribution in [3.05, 3.63) is 75.1 Å². The Morgan fingerprint density at radius 2 is 1.76 bits per heavy atom. The number of nitrogens with zero attached hydrogens (tertiary/aromatic N) is 1. The minimum absolute atomic E-state index is 0.0815. The summed E-state index contributed by atoms with van der Waals surface area (Å²) in [7, 11) is 0. The molecular formula is C21H15N5O7. The predicted octanol–water partition coefficient (Wildman–Crippen LogP) is -2.09. The van der Waals surface area contributed by atoms with E-state index in [2.05, 4.69) is 10.3 Å². The topological polar surface area (TPSA) is 192 Å². The van der Waals surface area contributed by atoms with E-state index in [0.717, 1.165) is 12.3 Å². The number of aromatic amines is 2. The number of hydrogen-bond acceptors (Lipinski definition) is 7. The van der Waals surface area contributed by atoms with Gasteiger partial charge in [0.1, 0.15) is 16.5 Å². The molecule has 5 N–H and O–H groups in total. The van der Waals surface area contributed by atoms with E-state index >= 15 is 0 Å². The number of fused-ring (bicyclic) bond motifs is 3. The van der Waals surface area contributed by atoms with Gasteiger partial charge in [0, 0.05) is 11.8 Å². The number of allylic oxidation sites excluding steroid dienone is 2. The third-order valence-corrected chi connectivity index (χ3v) is 6.57. The molecule has 0 radical (unpaired) electrons. The Bertz CT molecular complexity index is 1430. The Labute approximate surface area is 183 Å². The molecule has 12 heteroatoms. The lowest BCUT2D eigenvalue weighted by molar-refractivity contribution is -0.142. The van der Waals surface area contributed by atoms with Crippen LogP contribution in [0.1, 0.15) is 0 Å². The van der Waals surface area contributed by atoms with Crippen LogP contribution in [-0.4, -0.2) is 39.5 Å². The number of anilines is 1. The number of H-pyrrole nitrogens is 2. The van der Waals surface area contributed by atoms with Crippen LogP contribution in [0.2, 0.25) is 0 Å². The van der Waals surface area contributed by atoms with Crippen LogP contribution in [-0.2, 0) is 24.0 Å². The number of carbonyl (C=O) groups excluding carboxylic acids is 5. The van der Waals surface area contributed by atoms with Crippen LogP contribution in [0.4, 0.5) is 5.69 Å². The van der Waals surface area contributed by atoms with Gasteiger partial charge in [0.25, 0.3) is 5.56 Å². The first-order valence-corrected chi connectivity index (χ1v) is 9.78. The van der Waals surface area contributed by atoms with Crippen molar-refractivity contribution >= 4 is 35.2 Å². The van der Waals surface area contributed by atoms with Gasteiger partial charge < -0.3 is 10.7 Å². The van der Waals surface area contributed by atoms with E-state index in [1.807, 2.05) is 4.98 Å². The zero-order valence-electron chi connectivity index (χ0n) is 16.7. The second-order valence-corrected chi connectivity index (χ2v) is 8.01. The molecule has 1 aromatic heterocycles. The highest BCUT2D eigenvalue weighted by molar-refractivity contribution is 6.28. The molecule has 4 atom stereocenters. The lowest BCUT2D eigenvalue weighted by Crippen LogP contribution is -2.56. The van der Waals surface area contributed by atoms with Gasteiger partial charge in [0.15, 0.2) is 0 Å². The molecule has 2 saturated heterocycles. The molecule has 2 aliphatic heterocycles.